The van der Waals surface area contributed by atoms with Crippen molar-refractivity contribution < 1.29 is 33.5 Å². The molecule has 1 heterocycles. The van der Waals surface area contributed by atoms with Gasteiger partial charge in [0.2, 0.25) is 0 Å². The second-order valence-electron chi connectivity index (χ2n) is 10.2. The Labute approximate surface area is 247 Å². The maximum atomic E-state index is 11.2. The normalized spacial score (nSPS) is 22.1. The highest BCUT2D eigenvalue weighted by atomic mass is 16.7. The van der Waals surface area contributed by atoms with Crippen molar-refractivity contribution in [1.29, 1.82) is 0 Å². The molecular formula is C35H38O7. The van der Waals surface area contributed by atoms with Crippen LogP contribution in [0.1, 0.15) is 22.3 Å². The van der Waals surface area contributed by atoms with Crippen LogP contribution in [-0.2, 0) is 50.1 Å². The highest BCUT2D eigenvalue weighted by Crippen LogP contribution is 2.30. The number of benzene rings is 4. The lowest BCUT2D eigenvalue weighted by molar-refractivity contribution is -0.317. The van der Waals surface area contributed by atoms with E-state index in [-0.39, 0.29) is 19.8 Å². The molecule has 1 fully saturated rings. The summed E-state index contributed by atoms with van der Waals surface area (Å²) in [5.74, 6) is 0.768. The van der Waals surface area contributed by atoms with Crippen molar-refractivity contribution in [3.8, 4) is 5.75 Å². The Morgan fingerprint density at radius 2 is 1.00 bits per heavy atom. The van der Waals surface area contributed by atoms with E-state index in [4.69, 9.17) is 28.4 Å². The molecule has 0 saturated carbocycles. The fourth-order valence-electron chi connectivity index (χ4n) is 4.91. The zero-order chi connectivity index (χ0) is 29.0. The van der Waals surface area contributed by atoms with Crippen LogP contribution < -0.4 is 4.74 Å². The number of hydrogen-bond acceptors (Lipinski definition) is 7. The Morgan fingerprint density at radius 1 is 0.548 bits per heavy atom. The Kier molecular flexibility index (Phi) is 11.1. The maximum Gasteiger partial charge on any atom is 0.184 e. The fourth-order valence-corrected chi connectivity index (χ4v) is 4.91. The minimum absolute atomic E-state index is 0.208. The van der Waals surface area contributed by atoms with Crippen molar-refractivity contribution in [3.05, 3.63) is 138 Å². The van der Waals surface area contributed by atoms with Gasteiger partial charge < -0.3 is 33.5 Å². The summed E-state index contributed by atoms with van der Waals surface area (Å²) >= 11 is 0. The van der Waals surface area contributed by atoms with Crippen molar-refractivity contribution in [2.75, 3.05) is 13.7 Å². The SMILES string of the molecule is COc1ccc(CO[C@@H]2[C@@H](OCc3ccccc3)[C@@H](O)O[C@H](COCc3ccccc3)[C@H]2OCc2ccccc2)cc1. The Balaban J connectivity index is 1.36. The minimum atomic E-state index is -1.24. The van der Waals surface area contributed by atoms with Gasteiger partial charge in [-0.25, -0.2) is 0 Å². The van der Waals surface area contributed by atoms with Crippen molar-refractivity contribution in [1.82, 2.24) is 0 Å². The summed E-state index contributed by atoms with van der Waals surface area (Å²) in [5, 5.41) is 11.2. The first-order valence-corrected chi connectivity index (χ1v) is 14.2. The van der Waals surface area contributed by atoms with Crippen LogP contribution in [0.4, 0.5) is 0 Å². The van der Waals surface area contributed by atoms with Crippen LogP contribution in [0.5, 0.6) is 5.75 Å². The van der Waals surface area contributed by atoms with E-state index in [2.05, 4.69) is 0 Å². The molecule has 1 saturated heterocycles. The summed E-state index contributed by atoms with van der Waals surface area (Å²) in [5.41, 5.74) is 4.00. The van der Waals surface area contributed by atoms with Gasteiger partial charge in [0.05, 0.1) is 40.1 Å². The highest BCUT2D eigenvalue weighted by Gasteiger charge is 2.48. The molecule has 1 aliphatic heterocycles. The molecule has 0 amide bonds. The zero-order valence-corrected chi connectivity index (χ0v) is 23.8. The molecule has 0 radical (unpaired) electrons. The van der Waals surface area contributed by atoms with Crippen molar-refractivity contribution in [3.63, 3.8) is 0 Å². The van der Waals surface area contributed by atoms with Gasteiger partial charge in [-0.1, -0.05) is 103 Å². The van der Waals surface area contributed by atoms with E-state index in [1.807, 2.05) is 115 Å². The Bertz CT molecular complexity index is 1300. The molecule has 7 heteroatoms. The molecule has 0 bridgehead atoms. The van der Waals surface area contributed by atoms with Gasteiger partial charge in [-0.15, -0.1) is 0 Å². The largest absolute Gasteiger partial charge is 0.497 e. The molecule has 1 aliphatic rings. The molecule has 220 valence electrons. The lowest BCUT2D eigenvalue weighted by atomic mass is 9.98. The molecule has 5 rings (SSSR count). The number of aliphatic hydroxyl groups is 1. The van der Waals surface area contributed by atoms with Crippen LogP contribution in [-0.4, -0.2) is 49.5 Å². The second-order valence-corrected chi connectivity index (χ2v) is 10.2. The van der Waals surface area contributed by atoms with Gasteiger partial charge in [0, 0.05) is 0 Å². The van der Waals surface area contributed by atoms with E-state index in [1.165, 1.54) is 0 Å². The summed E-state index contributed by atoms with van der Waals surface area (Å²) in [6, 6.07) is 37.4. The minimum Gasteiger partial charge on any atom is -0.497 e. The molecule has 7 nitrogen and oxygen atoms in total. The highest BCUT2D eigenvalue weighted by molar-refractivity contribution is 5.26. The predicted octanol–water partition coefficient (Wildman–Crippen LogP) is 5.69. The summed E-state index contributed by atoms with van der Waals surface area (Å²) in [6.07, 6.45) is -3.85. The van der Waals surface area contributed by atoms with Gasteiger partial charge in [0.25, 0.3) is 0 Å². The number of aliphatic hydroxyl groups excluding tert-OH is 1. The van der Waals surface area contributed by atoms with Gasteiger partial charge in [0.1, 0.15) is 30.2 Å². The van der Waals surface area contributed by atoms with E-state index in [9.17, 15) is 5.11 Å². The smallest absolute Gasteiger partial charge is 0.184 e. The van der Waals surface area contributed by atoms with Crippen LogP contribution in [0.25, 0.3) is 0 Å². The average Bonchev–Trinajstić information content (AvgIpc) is 3.04. The second kappa shape index (κ2) is 15.6. The first-order chi connectivity index (χ1) is 20.7. The average molecular weight is 571 g/mol. The van der Waals surface area contributed by atoms with Gasteiger partial charge in [-0.05, 0) is 34.4 Å². The van der Waals surface area contributed by atoms with E-state index in [0.717, 1.165) is 28.0 Å². The van der Waals surface area contributed by atoms with Crippen LogP contribution in [0, 0.1) is 0 Å². The van der Waals surface area contributed by atoms with Gasteiger partial charge in [0.15, 0.2) is 6.29 Å². The predicted molar refractivity (Wildman–Crippen MR) is 159 cm³/mol. The van der Waals surface area contributed by atoms with Crippen LogP contribution in [0.15, 0.2) is 115 Å². The molecule has 1 N–H and O–H groups in total. The molecule has 0 aliphatic carbocycles. The van der Waals surface area contributed by atoms with Gasteiger partial charge in [-0.3, -0.25) is 0 Å². The number of ether oxygens (including phenoxy) is 6. The Hall–Kier alpha value is -3.56. The number of rotatable bonds is 14. The maximum absolute atomic E-state index is 11.2. The standard InChI is InChI=1S/C35H38O7/c1-37-30-19-17-29(18-20-30)24-40-33-32(39-22-27-13-7-3-8-14-27)31(25-38-21-26-11-5-2-6-12-26)42-35(36)34(33)41-23-28-15-9-4-10-16-28/h2-20,31-36H,21-25H2,1H3/t31-,32-,33+,34-,35+/m1/s1. The third-order valence-corrected chi connectivity index (χ3v) is 7.18. The zero-order valence-electron chi connectivity index (χ0n) is 23.8. The van der Waals surface area contributed by atoms with E-state index >= 15 is 0 Å². The fraction of sp³-hybridized carbons (Fsp3) is 0.314. The van der Waals surface area contributed by atoms with Gasteiger partial charge >= 0.3 is 0 Å². The van der Waals surface area contributed by atoms with E-state index in [1.54, 1.807) is 7.11 Å². The number of methoxy groups -OCH3 is 1. The lowest BCUT2D eigenvalue weighted by Gasteiger charge is -2.44. The first kappa shape index (κ1) is 29.9. The molecule has 4 aromatic rings. The Morgan fingerprint density at radius 3 is 1.52 bits per heavy atom. The van der Waals surface area contributed by atoms with Crippen LogP contribution in [0.3, 0.4) is 0 Å². The van der Waals surface area contributed by atoms with Crippen LogP contribution >= 0.6 is 0 Å². The van der Waals surface area contributed by atoms with E-state index < -0.39 is 30.7 Å². The topological polar surface area (TPSA) is 75.6 Å². The van der Waals surface area contributed by atoms with Crippen molar-refractivity contribution in [2.24, 2.45) is 0 Å². The molecule has 0 aromatic heterocycles. The molecule has 5 atom stereocenters. The molecule has 0 unspecified atom stereocenters. The summed E-state index contributed by atoms with van der Waals surface area (Å²) < 4.78 is 36.8. The van der Waals surface area contributed by atoms with Crippen molar-refractivity contribution >= 4 is 0 Å². The van der Waals surface area contributed by atoms with Crippen molar-refractivity contribution in [2.45, 2.75) is 57.1 Å². The summed E-state index contributed by atoms with van der Waals surface area (Å²) in [4.78, 5) is 0. The summed E-state index contributed by atoms with van der Waals surface area (Å²) in [7, 11) is 1.64. The van der Waals surface area contributed by atoms with E-state index in [0.29, 0.717) is 13.2 Å². The third kappa shape index (κ3) is 8.49. The quantitative estimate of drug-likeness (QED) is 0.209. The molecular weight excluding hydrogens is 532 g/mol. The third-order valence-electron chi connectivity index (χ3n) is 7.18. The van der Waals surface area contributed by atoms with Gasteiger partial charge in [-0.2, -0.15) is 0 Å². The van der Waals surface area contributed by atoms with Crippen LogP contribution in [0.2, 0.25) is 0 Å². The molecule has 4 aromatic carbocycles. The molecule has 0 spiro atoms. The lowest BCUT2D eigenvalue weighted by Crippen LogP contribution is -2.61. The molecule has 42 heavy (non-hydrogen) atoms. The monoisotopic (exact) mass is 570 g/mol. The summed E-state index contributed by atoms with van der Waals surface area (Å²) in [6.45, 7) is 1.53. The number of hydrogen-bond donors (Lipinski definition) is 1. The first-order valence-electron chi connectivity index (χ1n) is 14.2.